The predicted molar refractivity (Wildman–Crippen MR) is 114 cm³/mol. The van der Waals surface area contributed by atoms with Crippen LogP contribution in [0.1, 0.15) is 52.4 Å². The van der Waals surface area contributed by atoms with E-state index in [1.54, 1.807) is 24.3 Å². The van der Waals surface area contributed by atoms with Gasteiger partial charge < -0.3 is 4.74 Å². The molecule has 0 saturated heterocycles. The average Bonchev–Trinajstić information content (AvgIpc) is 2.77. The SMILES string of the molecule is CCCCc1ccc2c(c1)CCc1cc(C(=O)Oc3ccc(C#N)cc3)ccc1-2. The summed E-state index contributed by atoms with van der Waals surface area (Å²) in [5.41, 5.74) is 7.58. The van der Waals surface area contributed by atoms with Crippen LogP contribution in [0, 0.1) is 11.3 Å². The molecule has 0 unspecified atom stereocenters. The smallest absolute Gasteiger partial charge is 0.343 e. The molecular weight excluding hydrogens is 358 g/mol. The monoisotopic (exact) mass is 381 g/mol. The highest BCUT2D eigenvalue weighted by molar-refractivity contribution is 5.92. The Balaban J connectivity index is 1.54. The number of aryl methyl sites for hydroxylation is 3. The van der Waals surface area contributed by atoms with E-state index < -0.39 is 0 Å². The molecule has 3 aromatic rings. The van der Waals surface area contributed by atoms with E-state index >= 15 is 0 Å². The number of carbonyl (C=O) groups is 1. The minimum absolute atomic E-state index is 0.377. The zero-order valence-corrected chi connectivity index (χ0v) is 16.6. The van der Waals surface area contributed by atoms with Gasteiger partial charge in [0.2, 0.25) is 0 Å². The Bertz CT molecular complexity index is 1090. The lowest BCUT2D eigenvalue weighted by molar-refractivity contribution is 0.0734. The van der Waals surface area contributed by atoms with Gasteiger partial charge in [0.05, 0.1) is 17.2 Å². The molecule has 1 aliphatic carbocycles. The fourth-order valence-corrected chi connectivity index (χ4v) is 3.88. The van der Waals surface area contributed by atoms with Crippen molar-refractivity contribution < 1.29 is 9.53 Å². The number of unbranched alkanes of at least 4 members (excludes halogenated alkanes) is 1. The first-order valence-electron chi connectivity index (χ1n) is 10.2. The highest BCUT2D eigenvalue weighted by Crippen LogP contribution is 2.35. The Morgan fingerprint density at radius 2 is 1.66 bits per heavy atom. The average molecular weight is 381 g/mol. The van der Waals surface area contributed by atoms with Gasteiger partial charge in [-0.05, 0) is 89.9 Å². The van der Waals surface area contributed by atoms with Crippen molar-refractivity contribution in [3.8, 4) is 22.9 Å². The molecule has 29 heavy (non-hydrogen) atoms. The molecule has 0 heterocycles. The summed E-state index contributed by atoms with van der Waals surface area (Å²) in [6.07, 6.45) is 5.49. The van der Waals surface area contributed by atoms with Gasteiger partial charge in [-0.25, -0.2) is 4.79 Å². The van der Waals surface area contributed by atoms with Crippen LogP contribution in [-0.2, 0) is 19.3 Å². The van der Waals surface area contributed by atoms with Crippen LogP contribution in [0.3, 0.4) is 0 Å². The third-order valence-electron chi connectivity index (χ3n) is 5.48. The highest BCUT2D eigenvalue weighted by atomic mass is 16.5. The van der Waals surface area contributed by atoms with E-state index in [-0.39, 0.29) is 5.97 Å². The highest BCUT2D eigenvalue weighted by Gasteiger charge is 2.19. The van der Waals surface area contributed by atoms with Crippen LogP contribution in [0.2, 0.25) is 0 Å². The summed E-state index contributed by atoms with van der Waals surface area (Å²) >= 11 is 0. The van der Waals surface area contributed by atoms with E-state index in [2.05, 4.69) is 31.2 Å². The van der Waals surface area contributed by atoms with E-state index in [9.17, 15) is 4.79 Å². The maximum atomic E-state index is 12.6. The van der Waals surface area contributed by atoms with Crippen molar-refractivity contribution in [3.05, 3.63) is 88.5 Å². The molecule has 0 spiro atoms. The van der Waals surface area contributed by atoms with E-state index in [4.69, 9.17) is 10.00 Å². The van der Waals surface area contributed by atoms with Crippen molar-refractivity contribution in [2.75, 3.05) is 0 Å². The first kappa shape index (κ1) is 19.0. The number of ether oxygens (including phenoxy) is 1. The molecule has 0 saturated carbocycles. The molecule has 3 aromatic carbocycles. The summed E-state index contributed by atoms with van der Waals surface area (Å²) in [7, 11) is 0. The fraction of sp³-hybridized carbons (Fsp3) is 0.231. The molecule has 0 aliphatic heterocycles. The molecule has 4 rings (SSSR count). The molecule has 0 bridgehead atoms. The number of hydrogen-bond acceptors (Lipinski definition) is 3. The Hall–Kier alpha value is -3.38. The summed E-state index contributed by atoms with van der Waals surface area (Å²) < 4.78 is 5.47. The van der Waals surface area contributed by atoms with Crippen LogP contribution in [-0.4, -0.2) is 5.97 Å². The summed E-state index contributed by atoms with van der Waals surface area (Å²) in [5, 5.41) is 8.87. The molecule has 3 heteroatoms. The second-order valence-electron chi connectivity index (χ2n) is 7.49. The minimum Gasteiger partial charge on any atom is -0.423 e. The first-order valence-corrected chi connectivity index (χ1v) is 10.2. The lowest BCUT2D eigenvalue weighted by Gasteiger charge is -2.21. The Kier molecular flexibility index (Phi) is 5.44. The van der Waals surface area contributed by atoms with Gasteiger partial charge in [0.1, 0.15) is 5.75 Å². The van der Waals surface area contributed by atoms with Gasteiger partial charge in [-0.15, -0.1) is 0 Å². The van der Waals surface area contributed by atoms with Gasteiger partial charge >= 0.3 is 5.97 Å². The van der Waals surface area contributed by atoms with E-state index in [0.717, 1.165) is 19.3 Å². The Morgan fingerprint density at radius 3 is 2.34 bits per heavy atom. The molecule has 0 radical (unpaired) electrons. The fourth-order valence-electron chi connectivity index (χ4n) is 3.88. The van der Waals surface area contributed by atoms with Gasteiger partial charge in [0.15, 0.2) is 0 Å². The maximum Gasteiger partial charge on any atom is 0.343 e. The molecular formula is C26H23NO2. The summed E-state index contributed by atoms with van der Waals surface area (Å²) in [4.78, 5) is 12.6. The molecule has 144 valence electrons. The molecule has 0 amide bonds. The number of hydrogen-bond donors (Lipinski definition) is 0. The van der Waals surface area contributed by atoms with Gasteiger partial charge in [-0.3, -0.25) is 0 Å². The van der Waals surface area contributed by atoms with Gasteiger partial charge in [-0.1, -0.05) is 37.6 Å². The largest absolute Gasteiger partial charge is 0.423 e. The van der Waals surface area contributed by atoms with Gasteiger partial charge in [0.25, 0.3) is 0 Å². The molecule has 3 nitrogen and oxygen atoms in total. The Labute approximate surface area is 171 Å². The molecule has 0 N–H and O–H groups in total. The topological polar surface area (TPSA) is 50.1 Å². The van der Waals surface area contributed by atoms with E-state index in [1.807, 2.05) is 18.2 Å². The second-order valence-corrected chi connectivity index (χ2v) is 7.49. The normalized spacial score (nSPS) is 11.9. The van der Waals surface area contributed by atoms with Crippen molar-refractivity contribution in [2.24, 2.45) is 0 Å². The van der Waals surface area contributed by atoms with Crippen LogP contribution < -0.4 is 4.74 Å². The van der Waals surface area contributed by atoms with Crippen molar-refractivity contribution in [1.82, 2.24) is 0 Å². The van der Waals surface area contributed by atoms with Crippen LogP contribution >= 0.6 is 0 Å². The van der Waals surface area contributed by atoms with Crippen molar-refractivity contribution in [1.29, 1.82) is 5.26 Å². The van der Waals surface area contributed by atoms with Crippen molar-refractivity contribution in [2.45, 2.75) is 39.0 Å². The zero-order valence-electron chi connectivity index (χ0n) is 16.6. The standard InChI is InChI=1S/C26H23NO2/c1-2-3-4-18-7-13-24-20(15-18)8-9-21-16-22(10-14-25(21)24)26(28)29-23-11-5-19(17-27)6-12-23/h5-7,10-16H,2-4,8-9H2,1H3. The van der Waals surface area contributed by atoms with Crippen molar-refractivity contribution >= 4 is 5.97 Å². The number of benzene rings is 3. The van der Waals surface area contributed by atoms with Crippen LogP contribution in [0.25, 0.3) is 11.1 Å². The quantitative estimate of drug-likeness (QED) is 0.409. The zero-order chi connectivity index (χ0) is 20.2. The number of nitriles is 1. The third-order valence-corrected chi connectivity index (χ3v) is 5.48. The number of nitrogens with zero attached hydrogens (tertiary/aromatic N) is 1. The van der Waals surface area contributed by atoms with Gasteiger partial charge in [0, 0.05) is 0 Å². The Morgan fingerprint density at radius 1 is 0.966 bits per heavy atom. The van der Waals surface area contributed by atoms with E-state index in [1.165, 1.54) is 40.7 Å². The van der Waals surface area contributed by atoms with E-state index in [0.29, 0.717) is 16.9 Å². The molecule has 0 aromatic heterocycles. The lowest BCUT2D eigenvalue weighted by atomic mass is 9.83. The number of esters is 1. The third kappa shape index (κ3) is 4.07. The molecule has 0 atom stereocenters. The maximum absolute atomic E-state index is 12.6. The predicted octanol–water partition coefficient (Wildman–Crippen LogP) is 5.89. The lowest BCUT2D eigenvalue weighted by Crippen LogP contribution is -2.11. The number of carbonyl (C=O) groups excluding carboxylic acids is 1. The van der Waals surface area contributed by atoms with Gasteiger partial charge in [-0.2, -0.15) is 5.26 Å². The second kappa shape index (κ2) is 8.32. The number of rotatable bonds is 5. The minimum atomic E-state index is -0.377. The number of fused-ring (bicyclic) bond motifs is 3. The van der Waals surface area contributed by atoms with Crippen LogP contribution in [0.4, 0.5) is 0 Å². The molecule has 1 aliphatic rings. The summed E-state index contributed by atoms with van der Waals surface area (Å²) in [5.74, 6) is 0.0647. The van der Waals surface area contributed by atoms with Crippen molar-refractivity contribution in [3.63, 3.8) is 0 Å². The van der Waals surface area contributed by atoms with Crippen LogP contribution in [0.5, 0.6) is 5.75 Å². The first-order chi connectivity index (χ1) is 14.2. The van der Waals surface area contributed by atoms with Crippen LogP contribution in [0.15, 0.2) is 60.7 Å². The summed E-state index contributed by atoms with van der Waals surface area (Å²) in [6.45, 7) is 2.22. The summed E-state index contributed by atoms with van der Waals surface area (Å²) in [6, 6.07) is 21.3. The molecule has 0 fully saturated rings.